The number of rotatable bonds is 7. The smallest absolute Gasteiger partial charge is 0.162 e. The van der Waals surface area contributed by atoms with Crippen molar-refractivity contribution in [1.29, 1.82) is 0 Å². The van der Waals surface area contributed by atoms with E-state index in [1.807, 2.05) is 13.8 Å². The molecule has 4 heteroatoms. The summed E-state index contributed by atoms with van der Waals surface area (Å²) in [5.74, 6) is 1.31. The van der Waals surface area contributed by atoms with Crippen LogP contribution in [0.5, 0.6) is 11.5 Å². The third-order valence-electron chi connectivity index (χ3n) is 2.11. The van der Waals surface area contributed by atoms with Gasteiger partial charge < -0.3 is 9.47 Å². The minimum Gasteiger partial charge on any atom is -0.490 e. The zero-order chi connectivity index (χ0) is 12.7. The van der Waals surface area contributed by atoms with Crippen molar-refractivity contribution in [1.82, 2.24) is 0 Å². The van der Waals surface area contributed by atoms with Crippen LogP contribution in [-0.4, -0.2) is 19.5 Å². The van der Waals surface area contributed by atoms with Crippen molar-refractivity contribution < 1.29 is 14.3 Å². The molecule has 17 heavy (non-hydrogen) atoms. The van der Waals surface area contributed by atoms with E-state index in [1.165, 1.54) is 0 Å². The van der Waals surface area contributed by atoms with Crippen LogP contribution in [0.25, 0.3) is 0 Å². The van der Waals surface area contributed by atoms with Crippen LogP contribution >= 0.6 is 15.9 Å². The van der Waals surface area contributed by atoms with Gasteiger partial charge in [0.05, 0.1) is 13.2 Å². The van der Waals surface area contributed by atoms with E-state index < -0.39 is 0 Å². The Bertz CT molecular complexity index is 377. The number of halogens is 1. The Hall–Kier alpha value is -1.03. The van der Waals surface area contributed by atoms with E-state index in [4.69, 9.17) is 9.47 Å². The molecular weight excluding hydrogens is 284 g/mol. The summed E-state index contributed by atoms with van der Waals surface area (Å²) in [7, 11) is 0. The fourth-order valence-corrected chi connectivity index (χ4v) is 1.71. The van der Waals surface area contributed by atoms with Crippen molar-refractivity contribution in [2.45, 2.75) is 26.7 Å². The Labute approximate surface area is 110 Å². The molecule has 1 aromatic carbocycles. The molecule has 0 atom stereocenters. The largest absolute Gasteiger partial charge is 0.490 e. The molecule has 0 heterocycles. The van der Waals surface area contributed by atoms with E-state index in [9.17, 15) is 4.79 Å². The molecule has 1 aromatic rings. The van der Waals surface area contributed by atoms with Crippen molar-refractivity contribution in [2.75, 3.05) is 13.2 Å². The lowest BCUT2D eigenvalue weighted by molar-refractivity contribution is 0.112. The summed E-state index contributed by atoms with van der Waals surface area (Å²) >= 11 is 3.33. The SMILES string of the molecule is CCCOc1cc(Br)c(C=O)cc1OCCC. The van der Waals surface area contributed by atoms with Gasteiger partial charge in [0.25, 0.3) is 0 Å². The molecule has 0 aliphatic rings. The van der Waals surface area contributed by atoms with Crippen LogP contribution < -0.4 is 9.47 Å². The van der Waals surface area contributed by atoms with Crippen molar-refractivity contribution >= 4 is 22.2 Å². The maximum Gasteiger partial charge on any atom is 0.162 e. The second-order valence-corrected chi connectivity index (χ2v) is 4.49. The molecule has 0 unspecified atom stereocenters. The van der Waals surface area contributed by atoms with Crippen LogP contribution in [0.3, 0.4) is 0 Å². The molecular formula is C13H17BrO3. The first-order valence-electron chi connectivity index (χ1n) is 5.77. The zero-order valence-electron chi connectivity index (χ0n) is 10.2. The summed E-state index contributed by atoms with van der Waals surface area (Å²) in [5.41, 5.74) is 0.569. The molecule has 0 amide bonds. The van der Waals surface area contributed by atoms with Gasteiger partial charge in [-0.25, -0.2) is 0 Å². The molecule has 0 aliphatic heterocycles. The Morgan fingerprint density at radius 2 is 1.65 bits per heavy atom. The second kappa shape index (κ2) is 7.33. The lowest BCUT2D eigenvalue weighted by atomic mass is 10.2. The number of carbonyl (C=O) groups is 1. The standard InChI is InChI=1S/C13H17BrO3/c1-3-5-16-12-7-10(9-15)11(14)8-13(12)17-6-4-2/h7-9H,3-6H2,1-2H3. The number of aldehydes is 1. The molecule has 0 radical (unpaired) electrons. The highest BCUT2D eigenvalue weighted by Gasteiger charge is 2.10. The normalized spacial score (nSPS) is 10.1. The van der Waals surface area contributed by atoms with Crippen LogP contribution in [0.1, 0.15) is 37.0 Å². The van der Waals surface area contributed by atoms with E-state index >= 15 is 0 Å². The van der Waals surface area contributed by atoms with E-state index in [0.717, 1.165) is 23.6 Å². The number of hydrogen-bond donors (Lipinski definition) is 0. The number of carbonyl (C=O) groups excluding carboxylic acids is 1. The van der Waals surface area contributed by atoms with Crippen molar-refractivity contribution in [2.24, 2.45) is 0 Å². The van der Waals surface area contributed by atoms with Crippen molar-refractivity contribution in [3.8, 4) is 11.5 Å². The van der Waals surface area contributed by atoms with Crippen molar-refractivity contribution in [3.05, 3.63) is 22.2 Å². The van der Waals surface area contributed by atoms with Gasteiger partial charge in [-0.3, -0.25) is 4.79 Å². The van der Waals surface area contributed by atoms with Gasteiger partial charge in [-0.1, -0.05) is 13.8 Å². The summed E-state index contributed by atoms with van der Waals surface area (Å²) in [6.07, 6.45) is 2.65. The predicted molar refractivity (Wildman–Crippen MR) is 71.1 cm³/mol. The fraction of sp³-hybridized carbons (Fsp3) is 0.462. The lowest BCUT2D eigenvalue weighted by Crippen LogP contribution is -2.02. The quantitative estimate of drug-likeness (QED) is 0.718. The van der Waals surface area contributed by atoms with Crippen LogP contribution in [0.4, 0.5) is 0 Å². The minimum atomic E-state index is 0.569. The summed E-state index contributed by atoms with van der Waals surface area (Å²) < 4.78 is 11.9. The van der Waals surface area contributed by atoms with Crippen LogP contribution in [-0.2, 0) is 0 Å². The Kier molecular flexibility index (Phi) is 6.05. The molecule has 0 aliphatic carbocycles. The molecule has 3 nitrogen and oxygen atoms in total. The van der Waals surface area contributed by atoms with Crippen molar-refractivity contribution in [3.63, 3.8) is 0 Å². The van der Waals surface area contributed by atoms with Crippen LogP contribution in [0.15, 0.2) is 16.6 Å². The van der Waals surface area contributed by atoms with Gasteiger partial charge in [0.1, 0.15) is 0 Å². The Morgan fingerprint density at radius 1 is 1.12 bits per heavy atom. The third-order valence-corrected chi connectivity index (χ3v) is 2.80. The van der Waals surface area contributed by atoms with Crippen LogP contribution in [0.2, 0.25) is 0 Å². The first-order valence-corrected chi connectivity index (χ1v) is 6.56. The van der Waals surface area contributed by atoms with Gasteiger partial charge >= 0.3 is 0 Å². The summed E-state index contributed by atoms with van der Waals surface area (Å²) in [6, 6.07) is 3.49. The van der Waals surface area contributed by atoms with Gasteiger partial charge in [-0.2, -0.15) is 0 Å². The third kappa shape index (κ3) is 4.04. The molecule has 1 rings (SSSR count). The molecule has 0 fully saturated rings. The Balaban J connectivity index is 2.97. The highest BCUT2D eigenvalue weighted by molar-refractivity contribution is 9.10. The van der Waals surface area contributed by atoms with Gasteiger partial charge in [0.15, 0.2) is 17.8 Å². The summed E-state index contributed by atoms with van der Waals surface area (Å²) in [4.78, 5) is 10.9. The monoisotopic (exact) mass is 300 g/mol. The fourth-order valence-electron chi connectivity index (χ4n) is 1.29. The second-order valence-electron chi connectivity index (χ2n) is 3.64. The van der Waals surface area contributed by atoms with E-state index in [-0.39, 0.29) is 0 Å². The van der Waals surface area contributed by atoms with E-state index in [0.29, 0.717) is 30.3 Å². The maximum atomic E-state index is 10.9. The highest BCUT2D eigenvalue weighted by atomic mass is 79.9. The molecule has 0 saturated carbocycles. The van der Waals surface area contributed by atoms with Crippen LogP contribution in [0, 0.1) is 0 Å². The van der Waals surface area contributed by atoms with E-state index in [2.05, 4.69) is 15.9 Å². The molecule has 0 N–H and O–H groups in total. The van der Waals surface area contributed by atoms with Gasteiger partial charge in [-0.15, -0.1) is 0 Å². The highest BCUT2D eigenvalue weighted by Crippen LogP contribution is 2.33. The first kappa shape index (κ1) is 14.0. The topological polar surface area (TPSA) is 35.5 Å². The number of benzene rings is 1. The molecule has 0 bridgehead atoms. The predicted octanol–water partition coefficient (Wildman–Crippen LogP) is 3.84. The number of ether oxygens (including phenoxy) is 2. The first-order chi connectivity index (χ1) is 8.22. The Morgan fingerprint density at radius 3 is 2.12 bits per heavy atom. The van der Waals surface area contributed by atoms with Gasteiger partial charge in [-0.05, 0) is 40.9 Å². The average molecular weight is 301 g/mol. The van der Waals surface area contributed by atoms with Gasteiger partial charge in [0.2, 0.25) is 0 Å². The number of hydrogen-bond acceptors (Lipinski definition) is 3. The molecule has 0 spiro atoms. The minimum absolute atomic E-state index is 0.569. The maximum absolute atomic E-state index is 10.9. The van der Waals surface area contributed by atoms with E-state index in [1.54, 1.807) is 12.1 Å². The molecule has 94 valence electrons. The summed E-state index contributed by atoms with van der Waals surface area (Å²) in [6.45, 7) is 5.32. The zero-order valence-corrected chi connectivity index (χ0v) is 11.7. The molecule has 0 saturated heterocycles. The molecule has 0 aromatic heterocycles. The average Bonchev–Trinajstić information content (AvgIpc) is 2.34. The lowest BCUT2D eigenvalue weighted by Gasteiger charge is -2.13. The van der Waals surface area contributed by atoms with Gasteiger partial charge in [0, 0.05) is 10.0 Å². The summed E-state index contributed by atoms with van der Waals surface area (Å²) in [5, 5.41) is 0.